The van der Waals surface area contributed by atoms with Gasteiger partial charge in [0.1, 0.15) is 0 Å². The van der Waals surface area contributed by atoms with Crippen LogP contribution in [0.2, 0.25) is 5.02 Å². The minimum Gasteiger partial charge on any atom is -0.431 e. The Balaban J connectivity index is 1.67. The Labute approximate surface area is 186 Å². The van der Waals surface area contributed by atoms with E-state index in [4.69, 9.17) is 16.3 Å². The van der Waals surface area contributed by atoms with Gasteiger partial charge in [0, 0.05) is 42.6 Å². The summed E-state index contributed by atoms with van der Waals surface area (Å²) in [4.78, 5) is 27.3. The number of carbonyl (C=O) groups excluding carboxylic acids is 2. The number of ether oxygens (including phenoxy) is 1. The van der Waals surface area contributed by atoms with Gasteiger partial charge >= 0.3 is 6.09 Å². The van der Waals surface area contributed by atoms with Gasteiger partial charge in [0.2, 0.25) is 6.10 Å². The van der Waals surface area contributed by atoms with Crippen LogP contribution in [0.15, 0.2) is 78.9 Å². The quantitative estimate of drug-likeness (QED) is 0.545. The molecule has 3 rings (SSSR count). The number of hydrogen-bond donors (Lipinski definition) is 2. The van der Waals surface area contributed by atoms with Crippen LogP contribution in [0.1, 0.15) is 17.2 Å². The number of amides is 2. The van der Waals surface area contributed by atoms with E-state index < -0.39 is 18.1 Å². The van der Waals surface area contributed by atoms with Gasteiger partial charge in [-0.1, -0.05) is 54.1 Å². The Morgan fingerprint density at radius 2 is 1.58 bits per heavy atom. The Morgan fingerprint density at radius 3 is 2.19 bits per heavy atom. The zero-order valence-electron chi connectivity index (χ0n) is 17.3. The highest BCUT2D eigenvalue weighted by atomic mass is 35.5. The molecular formula is C24H24ClN3O3. The van der Waals surface area contributed by atoms with Gasteiger partial charge in [-0.25, -0.2) is 4.79 Å². The molecule has 0 bridgehead atoms. The fourth-order valence-electron chi connectivity index (χ4n) is 2.88. The van der Waals surface area contributed by atoms with Crippen LogP contribution in [0.3, 0.4) is 0 Å². The van der Waals surface area contributed by atoms with Crippen molar-refractivity contribution in [2.24, 2.45) is 0 Å². The summed E-state index contributed by atoms with van der Waals surface area (Å²) in [6.07, 6.45) is -1.82. The van der Waals surface area contributed by atoms with Crippen molar-refractivity contribution in [1.82, 2.24) is 5.32 Å². The van der Waals surface area contributed by atoms with E-state index in [1.165, 1.54) is 0 Å². The van der Waals surface area contributed by atoms with Crippen molar-refractivity contribution in [1.29, 1.82) is 0 Å². The Bertz CT molecular complexity index is 1010. The summed E-state index contributed by atoms with van der Waals surface area (Å²) in [5.41, 5.74) is 3.10. The molecular weight excluding hydrogens is 414 g/mol. The molecule has 2 N–H and O–H groups in total. The van der Waals surface area contributed by atoms with Crippen LogP contribution in [-0.4, -0.2) is 26.1 Å². The summed E-state index contributed by atoms with van der Waals surface area (Å²) in [7, 11) is 3.93. The molecule has 160 valence electrons. The van der Waals surface area contributed by atoms with Gasteiger partial charge < -0.3 is 15.0 Å². The Hall–Kier alpha value is -3.51. The lowest BCUT2D eigenvalue weighted by atomic mass is 10.1. The third-order valence-electron chi connectivity index (χ3n) is 4.58. The van der Waals surface area contributed by atoms with Gasteiger partial charge in [-0.15, -0.1) is 0 Å². The molecule has 1 unspecified atom stereocenters. The molecule has 2 amide bonds. The topological polar surface area (TPSA) is 70.7 Å². The molecule has 1 atom stereocenters. The number of nitrogens with one attached hydrogen (secondary N) is 2. The van der Waals surface area contributed by atoms with Crippen molar-refractivity contribution in [3.05, 3.63) is 95.0 Å². The molecule has 31 heavy (non-hydrogen) atoms. The predicted octanol–water partition coefficient (Wildman–Crippen LogP) is 5.01. The second kappa shape index (κ2) is 10.5. The highest BCUT2D eigenvalue weighted by Gasteiger charge is 2.25. The number of hydrogen-bond acceptors (Lipinski definition) is 4. The highest BCUT2D eigenvalue weighted by Crippen LogP contribution is 2.20. The van der Waals surface area contributed by atoms with Crippen LogP contribution in [0.4, 0.5) is 16.2 Å². The molecule has 0 aliphatic carbocycles. The minimum atomic E-state index is -1.09. The van der Waals surface area contributed by atoms with Crippen LogP contribution in [0, 0.1) is 0 Å². The van der Waals surface area contributed by atoms with Crippen LogP contribution in [-0.2, 0) is 16.1 Å². The molecule has 0 radical (unpaired) electrons. The molecule has 0 heterocycles. The van der Waals surface area contributed by atoms with Crippen LogP contribution in [0.5, 0.6) is 0 Å². The average Bonchev–Trinajstić information content (AvgIpc) is 2.78. The molecule has 0 saturated heterocycles. The van der Waals surface area contributed by atoms with E-state index >= 15 is 0 Å². The summed E-state index contributed by atoms with van der Waals surface area (Å²) in [6.45, 7) is 0.317. The smallest absolute Gasteiger partial charge is 0.412 e. The summed E-state index contributed by atoms with van der Waals surface area (Å²) < 4.78 is 5.47. The fraction of sp³-hybridized carbons (Fsp3) is 0.167. The van der Waals surface area contributed by atoms with Gasteiger partial charge in [-0.05, 0) is 42.0 Å². The number of halogens is 1. The van der Waals surface area contributed by atoms with E-state index in [2.05, 4.69) is 10.6 Å². The number of benzene rings is 3. The summed E-state index contributed by atoms with van der Waals surface area (Å²) in [5, 5.41) is 6.01. The molecule has 0 aromatic heterocycles. The number of rotatable bonds is 7. The van der Waals surface area contributed by atoms with Crippen LogP contribution >= 0.6 is 11.6 Å². The SMILES string of the molecule is CN(C)c1ccc(CNC(=O)C(OC(=O)Nc2ccc(Cl)cc2)c2ccccc2)cc1. The zero-order valence-corrected chi connectivity index (χ0v) is 18.1. The first-order chi connectivity index (χ1) is 14.9. The van der Waals surface area contributed by atoms with Crippen molar-refractivity contribution in [3.8, 4) is 0 Å². The van der Waals surface area contributed by atoms with Crippen LogP contribution < -0.4 is 15.5 Å². The second-order valence-corrected chi connectivity index (χ2v) is 7.54. The van der Waals surface area contributed by atoms with E-state index in [0.717, 1.165) is 11.3 Å². The Kier molecular flexibility index (Phi) is 7.51. The standard InChI is InChI=1S/C24H24ClN3O3/c1-28(2)21-14-8-17(9-15-21)16-26-23(29)22(18-6-4-3-5-7-18)31-24(30)27-20-12-10-19(25)11-13-20/h3-15,22H,16H2,1-2H3,(H,26,29)(H,27,30). The van der Waals surface area contributed by atoms with Gasteiger partial charge in [-0.3, -0.25) is 10.1 Å². The molecule has 0 spiro atoms. The second-order valence-electron chi connectivity index (χ2n) is 7.11. The largest absolute Gasteiger partial charge is 0.431 e. The summed E-state index contributed by atoms with van der Waals surface area (Å²) in [5.74, 6) is -0.408. The van der Waals surface area contributed by atoms with Gasteiger partial charge in [0.15, 0.2) is 0 Å². The van der Waals surface area contributed by atoms with Crippen molar-refractivity contribution in [2.45, 2.75) is 12.6 Å². The third kappa shape index (κ3) is 6.49. The summed E-state index contributed by atoms with van der Waals surface area (Å²) in [6, 6.07) is 23.3. The van der Waals surface area contributed by atoms with Gasteiger partial charge in [0.05, 0.1) is 0 Å². The van der Waals surface area contributed by atoms with E-state index in [1.807, 2.05) is 49.3 Å². The summed E-state index contributed by atoms with van der Waals surface area (Å²) >= 11 is 5.86. The molecule has 6 nitrogen and oxygen atoms in total. The first-order valence-electron chi connectivity index (χ1n) is 9.74. The average molecular weight is 438 g/mol. The third-order valence-corrected chi connectivity index (χ3v) is 4.83. The predicted molar refractivity (Wildman–Crippen MR) is 123 cm³/mol. The minimum absolute atomic E-state index is 0.317. The number of carbonyl (C=O) groups is 2. The monoisotopic (exact) mass is 437 g/mol. The molecule has 0 fully saturated rings. The normalized spacial score (nSPS) is 11.3. The zero-order chi connectivity index (χ0) is 22.2. The maximum Gasteiger partial charge on any atom is 0.412 e. The van der Waals surface area contributed by atoms with Crippen LogP contribution in [0.25, 0.3) is 0 Å². The van der Waals surface area contributed by atoms with Crippen molar-refractivity contribution >= 4 is 35.0 Å². The molecule has 0 aliphatic rings. The fourth-order valence-corrected chi connectivity index (χ4v) is 3.01. The highest BCUT2D eigenvalue weighted by molar-refractivity contribution is 6.30. The van der Waals surface area contributed by atoms with E-state index in [1.54, 1.807) is 48.5 Å². The van der Waals surface area contributed by atoms with Crippen molar-refractivity contribution in [3.63, 3.8) is 0 Å². The van der Waals surface area contributed by atoms with Gasteiger partial charge in [0.25, 0.3) is 5.91 Å². The number of nitrogens with zero attached hydrogens (tertiary/aromatic N) is 1. The lowest BCUT2D eigenvalue weighted by molar-refractivity contribution is -0.129. The maximum atomic E-state index is 12.9. The first kappa shape index (κ1) is 22.2. The van der Waals surface area contributed by atoms with Gasteiger partial charge in [-0.2, -0.15) is 0 Å². The maximum absolute atomic E-state index is 12.9. The molecule has 3 aromatic carbocycles. The van der Waals surface area contributed by atoms with Crippen molar-refractivity contribution < 1.29 is 14.3 Å². The molecule has 0 saturated carbocycles. The number of anilines is 2. The molecule has 0 aliphatic heterocycles. The van der Waals surface area contributed by atoms with E-state index in [0.29, 0.717) is 22.8 Å². The van der Waals surface area contributed by atoms with Crippen molar-refractivity contribution in [2.75, 3.05) is 24.3 Å². The van der Waals surface area contributed by atoms with E-state index in [-0.39, 0.29) is 0 Å². The van der Waals surface area contributed by atoms with E-state index in [9.17, 15) is 9.59 Å². The molecule has 3 aromatic rings. The molecule has 7 heteroatoms. The Morgan fingerprint density at radius 1 is 0.935 bits per heavy atom. The lowest BCUT2D eigenvalue weighted by Gasteiger charge is -2.19. The lowest BCUT2D eigenvalue weighted by Crippen LogP contribution is -2.32. The first-order valence-corrected chi connectivity index (χ1v) is 10.1.